The van der Waals surface area contributed by atoms with Crippen molar-refractivity contribution in [1.29, 1.82) is 0 Å². The van der Waals surface area contributed by atoms with E-state index in [0.717, 1.165) is 44.1 Å². The highest BCUT2D eigenvalue weighted by Gasteiger charge is 2.27. The number of sulfonamides is 1. The molecule has 2 aliphatic rings. The van der Waals surface area contributed by atoms with Crippen LogP contribution in [-0.2, 0) is 26.0 Å². The molecule has 0 saturated carbocycles. The number of nitrogens with zero attached hydrogens (tertiary/aromatic N) is 1. The van der Waals surface area contributed by atoms with E-state index in [-0.39, 0.29) is 22.4 Å². The van der Waals surface area contributed by atoms with E-state index in [0.29, 0.717) is 13.1 Å². The Morgan fingerprint density at radius 1 is 1.00 bits per heavy atom. The van der Waals surface area contributed by atoms with Crippen molar-refractivity contribution in [1.82, 2.24) is 9.62 Å². The van der Waals surface area contributed by atoms with Crippen LogP contribution in [0.25, 0.3) is 0 Å². The molecular formula is C24H28N2O5S. The van der Waals surface area contributed by atoms with Crippen LogP contribution in [0.15, 0.2) is 53.4 Å². The van der Waals surface area contributed by atoms with Gasteiger partial charge in [0.05, 0.1) is 16.5 Å². The maximum Gasteiger partial charge on any atom is 0.338 e. The fraction of sp³-hybridized carbons (Fsp3) is 0.417. The van der Waals surface area contributed by atoms with Gasteiger partial charge in [-0.15, -0.1) is 0 Å². The Kier molecular flexibility index (Phi) is 6.91. The first-order valence-corrected chi connectivity index (χ1v) is 12.5. The van der Waals surface area contributed by atoms with Crippen LogP contribution in [0, 0.1) is 0 Å². The highest BCUT2D eigenvalue weighted by molar-refractivity contribution is 7.89. The van der Waals surface area contributed by atoms with Crippen molar-refractivity contribution in [2.75, 3.05) is 19.7 Å². The third-order valence-corrected chi connectivity index (χ3v) is 7.96. The molecule has 1 aliphatic heterocycles. The molecule has 8 heteroatoms. The summed E-state index contributed by atoms with van der Waals surface area (Å²) in [5.41, 5.74) is 2.45. The van der Waals surface area contributed by atoms with Crippen LogP contribution in [-0.4, -0.2) is 44.3 Å². The molecule has 1 atom stereocenters. The van der Waals surface area contributed by atoms with Gasteiger partial charge in [-0.25, -0.2) is 13.2 Å². The number of carbonyl (C=O) groups excluding carboxylic acids is 2. The molecule has 0 radical (unpaired) electrons. The number of rotatable bonds is 6. The zero-order valence-corrected chi connectivity index (χ0v) is 18.8. The highest BCUT2D eigenvalue weighted by atomic mass is 32.2. The van der Waals surface area contributed by atoms with Gasteiger partial charge >= 0.3 is 5.97 Å². The molecule has 1 N–H and O–H groups in total. The minimum absolute atomic E-state index is 0.0668. The second-order valence-corrected chi connectivity index (χ2v) is 10.2. The lowest BCUT2D eigenvalue weighted by Crippen LogP contribution is -2.35. The normalized spacial score (nSPS) is 19.1. The molecule has 170 valence electrons. The number of nitrogens with one attached hydrogen (secondary N) is 1. The van der Waals surface area contributed by atoms with Crippen molar-refractivity contribution < 1.29 is 22.7 Å². The Morgan fingerprint density at radius 2 is 1.78 bits per heavy atom. The van der Waals surface area contributed by atoms with E-state index in [9.17, 15) is 18.0 Å². The fourth-order valence-corrected chi connectivity index (χ4v) is 5.96. The van der Waals surface area contributed by atoms with Gasteiger partial charge in [-0.1, -0.05) is 36.8 Å². The second kappa shape index (κ2) is 9.83. The Morgan fingerprint density at radius 3 is 2.59 bits per heavy atom. The predicted octanol–water partition coefficient (Wildman–Crippen LogP) is 3.21. The monoisotopic (exact) mass is 456 g/mol. The van der Waals surface area contributed by atoms with E-state index in [1.54, 1.807) is 0 Å². The number of ether oxygens (including phenoxy) is 1. The lowest BCUT2D eigenvalue weighted by Gasteiger charge is -2.26. The molecule has 1 saturated heterocycles. The summed E-state index contributed by atoms with van der Waals surface area (Å²) in [6, 6.07) is 13.7. The Hall–Kier alpha value is -2.71. The fourth-order valence-electron chi connectivity index (χ4n) is 4.39. The van der Waals surface area contributed by atoms with E-state index >= 15 is 0 Å². The number of aryl methyl sites for hydroxylation is 1. The van der Waals surface area contributed by atoms with Crippen LogP contribution in [0.2, 0.25) is 0 Å². The largest absolute Gasteiger partial charge is 0.452 e. The standard InChI is InChI=1S/C24H28N2O5S/c27-23(25-22-13-7-9-18-8-2-3-12-21(18)22)17-31-24(28)19-10-6-11-20(16-19)32(29,30)26-14-4-1-5-15-26/h2-3,6,8,10-12,16,22H,1,4-5,7,9,13-15,17H2,(H,25,27)/t22-/m1/s1. The molecule has 0 spiro atoms. The summed E-state index contributed by atoms with van der Waals surface area (Å²) in [5, 5.41) is 2.94. The van der Waals surface area contributed by atoms with Crippen molar-refractivity contribution in [2.24, 2.45) is 0 Å². The van der Waals surface area contributed by atoms with Crippen LogP contribution in [0.5, 0.6) is 0 Å². The topological polar surface area (TPSA) is 92.8 Å². The van der Waals surface area contributed by atoms with Crippen LogP contribution in [0.1, 0.15) is 59.6 Å². The zero-order chi connectivity index (χ0) is 22.6. The second-order valence-electron chi connectivity index (χ2n) is 8.28. The van der Waals surface area contributed by atoms with Gasteiger partial charge in [-0.3, -0.25) is 4.79 Å². The lowest BCUT2D eigenvalue weighted by molar-refractivity contribution is -0.125. The Labute approximate surface area is 188 Å². The van der Waals surface area contributed by atoms with Gasteiger partial charge < -0.3 is 10.1 Å². The third kappa shape index (κ3) is 5.02. The molecule has 0 unspecified atom stereocenters. The minimum Gasteiger partial charge on any atom is -0.452 e. The van der Waals surface area contributed by atoms with Gasteiger partial charge in [0.2, 0.25) is 10.0 Å². The molecular weight excluding hydrogens is 428 g/mol. The van der Waals surface area contributed by atoms with Crippen LogP contribution < -0.4 is 5.32 Å². The van der Waals surface area contributed by atoms with Crippen LogP contribution in [0.4, 0.5) is 0 Å². The summed E-state index contributed by atoms with van der Waals surface area (Å²) in [7, 11) is -3.65. The van der Waals surface area contributed by atoms with Gasteiger partial charge in [0.1, 0.15) is 0 Å². The molecule has 32 heavy (non-hydrogen) atoms. The summed E-state index contributed by atoms with van der Waals surface area (Å²) >= 11 is 0. The maximum absolute atomic E-state index is 12.9. The number of carbonyl (C=O) groups is 2. The third-order valence-electron chi connectivity index (χ3n) is 6.06. The van der Waals surface area contributed by atoms with E-state index in [2.05, 4.69) is 11.4 Å². The van der Waals surface area contributed by atoms with Crippen molar-refractivity contribution in [3.8, 4) is 0 Å². The first-order chi connectivity index (χ1) is 15.4. The van der Waals surface area contributed by atoms with Crippen LogP contribution in [0.3, 0.4) is 0 Å². The summed E-state index contributed by atoms with van der Waals surface area (Å²) < 4.78 is 32.3. The van der Waals surface area contributed by atoms with Crippen molar-refractivity contribution in [2.45, 2.75) is 49.5 Å². The number of benzene rings is 2. The van der Waals surface area contributed by atoms with E-state index < -0.39 is 22.6 Å². The number of piperidine rings is 1. The van der Waals surface area contributed by atoms with Gasteiger partial charge in [-0.2, -0.15) is 4.31 Å². The molecule has 2 aromatic rings. The maximum atomic E-state index is 12.9. The SMILES string of the molecule is O=C(COC(=O)c1cccc(S(=O)(=O)N2CCCCC2)c1)N[C@@H]1CCCc2ccccc21. The predicted molar refractivity (Wildman–Crippen MR) is 120 cm³/mol. The van der Waals surface area contributed by atoms with Gasteiger partial charge in [0.25, 0.3) is 5.91 Å². The number of esters is 1. The zero-order valence-electron chi connectivity index (χ0n) is 18.0. The average molecular weight is 457 g/mol. The minimum atomic E-state index is -3.65. The molecule has 4 rings (SSSR count). The number of fused-ring (bicyclic) bond motifs is 1. The molecule has 0 aromatic heterocycles. The Bertz CT molecular complexity index is 1090. The summed E-state index contributed by atoms with van der Waals surface area (Å²) in [6.07, 6.45) is 5.51. The smallest absolute Gasteiger partial charge is 0.338 e. The molecule has 1 heterocycles. The van der Waals surface area contributed by atoms with E-state index in [1.807, 2.05) is 18.2 Å². The first kappa shape index (κ1) is 22.5. The number of hydrogen-bond donors (Lipinski definition) is 1. The van der Waals surface area contributed by atoms with Crippen molar-refractivity contribution >= 4 is 21.9 Å². The van der Waals surface area contributed by atoms with Gasteiger partial charge in [0.15, 0.2) is 6.61 Å². The lowest BCUT2D eigenvalue weighted by atomic mass is 9.88. The quantitative estimate of drug-likeness (QED) is 0.674. The van der Waals surface area contributed by atoms with Gasteiger partial charge in [0, 0.05) is 13.1 Å². The molecule has 1 fully saturated rings. The molecule has 2 aromatic carbocycles. The number of hydrogen-bond acceptors (Lipinski definition) is 5. The van der Waals surface area contributed by atoms with Gasteiger partial charge in [-0.05, 0) is 61.4 Å². The average Bonchev–Trinajstić information content (AvgIpc) is 2.83. The molecule has 0 bridgehead atoms. The highest BCUT2D eigenvalue weighted by Crippen LogP contribution is 2.29. The van der Waals surface area contributed by atoms with Crippen molar-refractivity contribution in [3.05, 3.63) is 65.2 Å². The molecule has 7 nitrogen and oxygen atoms in total. The molecule has 1 aliphatic carbocycles. The summed E-state index contributed by atoms with van der Waals surface area (Å²) in [4.78, 5) is 24.9. The van der Waals surface area contributed by atoms with Crippen LogP contribution >= 0.6 is 0 Å². The summed E-state index contributed by atoms with van der Waals surface area (Å²) in [6.45, 7) is 0.559. The molecule has 1 amide bonds. The summed E-state index contributed by atoms with van der Waals surface area (Å²) in [5.74, 6) is -1.10. The Balaban J connectivity index is 1.36. The number of amides is 1. The van der Waals surface area contributed by atoms with E-state index in [1.165, 1.54) is 34.1 Å². The first-order valence-electron chi connectivity index (χ1n) is 11.1. The van der Waals surface area contributed by atoms with Crippen molar-refractivity contribution in [3.63, 3.8) is 0 Å². The van der Waals surface area contributed by atoms with E-state index in [4.69, 9.17) is 4.74 Å².